The first kappa shape index (κ1) is 14.4. The van der Waals surface area contributed by atoms with Gasteiger partial charge >= 0.3 is 11.9 Å². The molecule has 1 aliphatic heterocycles. The Morgan fingerprint density at radius 2 is 2.06 bits per heavy atom. The van der Waals surface area contributed by atoms with Crippen LogP contribution in [0.25, 0.3) is 0 Å². The molecule has 1 rings (SSSR count). The summed E-state index contributed by atoms with van der Waals surface area (Å²) in [4.78, 5) is 34.2. The largest absolute Gasteiger partial charge is 0.481 e. The number of carboxylic acid groups (broad SMARTS) is 2. The van der Waals surface area contributed by atoms with E-state index in [1.165, 1.54) is 4.90 Å². The second-order valence-electron chi connectivity index (χ2n) is 4.02. The molecule has 2 unspecified atom stereocenters. The molecule has 0 aliphatic carbocycles. The van der Waals surface area contributed by atoms with Crippen molar-refractivity contribution in [3.63, 3.8) is 0 Å². The van der Waals surface area contributed by atoms with Crippen molar-refractivity contribution in [3.8, 4) is 0 Å². The highest BCUT2D eigenvalue weighted by molar-refractivity contribution is 5.83. The highest BCUT2D eigenvalue weighted by Crippen LogP contribution is 2.08. The Labute approximate surface area is 103 Å². The van der Waals surface area contributed by atoms with Gasteiger partial charge in [-0.2, -0.15) is 0 Å². The van der Waals surface area contributed by atoms with Crippen molar-refractivity contribution in [3.05, 3.63) is 0 Å². The summed E-state index contributed by atoms with van der Waals surface area (Å²) in [6.45, 7) is 0.340. The molecule has 18 heavy (non-hydrogen) atoms. The standard InChI is InChI=1S/C10H16N2O6/c11-6(1-2-8(13)14)9(15)12-3-4-18-7(5-12)10(16)17/h6-7H,1-5,11H2,(H,13,14)(H,16,17). The smallest absolute Gasteiger partial charge is 0.334 e. The number of hydrogen-bond acceptors (Lipinski definition) is 5. The van der Waals surface area contributed by atoms with E-state index in [-0.39, 0.29) is 32.5 Å². The SMILES string of the molecule is NC(CCC(=O)O)C(=O)N1CCOC(C(=O)O)C1. The minimum Gasteiger partial charge on any atom is -0.481 e. The zero-order valence-electron chi connectivity index (χ0n) is 9.74. The summed E-state index contributed by atoms with van der Waals surface area (Å²) in [6.07, 6.45) is -1.21. The van der Waals surface area contributed by atoms with Crippen molar-refractivity contribution >= 4 is 17.8 Å². The van der Waals surface area contributed by atoms with Crippen LogP contribution in [-0.4, -0.2) is 64.8 Å². The number of carbonyl (C=O) groups is 3. The second-order valence-corrected chi connectivity index (χ2v) is 4.02. The van der Waals surface area contributed by atoms with Gasteiger partial charge in [0.05, 0.1) is 19.2 Å². The lowest BCUT2D eigenvalue weighted by Crippen LogP contribution is -2.53. The Morgan fingerprint density at radius 3 is 2.61 bits per heavy atom. The first-order valence-electron chi connectivity index (χ1n) is 5.52. The van der Waals surface area contributed by atoms with Gasteiger partial charge in [0.2, 0.25) is 5.91 Å². The maximum Gasteiger partial charge on any atom is 0.334 e. The van der Waals surface area contributed by atoms with Gasteiger partial charge in [0, 0.05) is 13.0 Å². The quantitative estimate of drug-likeness (QED) is 0.547. The lowest BCUT2D eigenvalue weighted by Gasteiger charge is -2.32. The number of aliphatic carboxylic acids is 2. The number of nitrogens with two attached hydrogens (primary N) is 1. The van der Waals surface area contributed by atoms with E-state index in [9.17, 15) is 14.4 Å². The Morgan fingerprint density at radius 1 is 1.39 bits per heavy atom. The predicted molar refractivity (Wildman–Crippen MR) is 58.8 cm³/mol. The minimum atomic E-state index is -1.13. The second kappa shape index (κ2) is 6.31. The molecule has 2 atom stereocenters. The molecule has 1 fully saturated rings. The molecule has 4 N–H and O–H groups in total. The molecular weight excluding hydrogens is 244 g/mol. The van der Waals surface area contributed by atoms with Gasteiger partial charge < -0.3 is 25.6 Å². The van der Waals surface area contributed by atoms with E-state index in [1.807, 2.05) is 0 Å². The molecule has 0 aromatic heterocycles. The Kier molecular flexibility index (Phi) is 5.05. The van der Waals surface area contributed by atoms with Crippen LogP contribution in [0.15, 0.2) is 0 Å². The van der Waals surface area contributed by atoms with E-state index in [4.69, 9.17) is 20.7 Å². The zero-order valence-corrected chi connectivity index (χ0v) is 9.74. The summed E-state index contributed by atoms with van der Waals surface area (Å²) in [7, 11) is 0. The van der Waals surface area contributed by atoms with Crippen molar-refractivity contribution in [2.24, 2.45) is 5.73 Å². The fourth-order valence-corrected chi connectivity index (χ4v) is 1.64. The van der Waals surface area contributed by atoms with Crippen molar-refractivity contribution in [2.75, 3.05) is 19.7 Å². The molecule has 1 saturated heterocycles. The van der Waals surface area contributed by atoms with Crippen molar-refractivity contribution in [1.82, 2.24) is 4.90 Å². The molecular formula is C10H16N2O6. The highest BCUT2D eigenvalue weighted by atomic mass is 16.5. The van der Waals surface area contributed by atoms with Crippen LogP contribution in [0.1, 0.15) is 12.8 Å². The van der Waals surface area contributed by atoms with Gasteiger partial charge in [0.25, 0.3) is 0 Å². The first-order valence-corrected chi connectivity index (χ1v) is 5.52. The molecule has 1 aliphatic rings. The molecule has 1 heterocycles. The molecule has 0 aromatic carbocycles. The van der Waals surface area contributed by atoms with Crippen LogP contribution >= 0.6 is 0 Å². The number of morpholine rings is 1. The molecule has 0 aromatic rings. The molecule has 0 bridgehead atoms. The number of ether oxygens (including phenoxy) is 1. The topological polar surface area (TPSA) is 130 Å². The van der Waals surface area contributed by atoms with Gasteiger partial charge in [-0.3, -0.25) is 9.59 Å². The fraction of sp³-hybridized carbons (Fsp3) is 0.700. The van der Waals surface area contributed by atoms with Crippen LogP contribution in [-0.2, 0) is 19.1 Å². The van der Waals surface area contributed by atoms with Crippen molar-refractivity contribution in [1.29, 1.82) is 0 Å². The van der Waals surface area contributed by atoms with Crippen LogP contribution in [0.3, 0.4) is 0 Å². The summed E-state index contributed by atoms with van der Waals surface area (Å²) in [5.74, 6) is -2.60. The molecule has 0 radical (unpaired) electrons. The summed E-state index contributed by atoms with van der Waals surface area (Å²) in [5, 5.41) is 17.3. The summed E-state index contributed by atoms with van der Waals surface area (Å²) < 4.78 is 4.97. The van der Waals surface area contributed by atoms with Crippen molar-refractivity contribution in [2.45, 2.75) is 25.0 Å². The van der Waals surface area contributed by atoms with Gasteiger partial charge in [-0.15, -0.1) is 0 Å². The lowest BCUT2D eigenvalue weighted by molar-refractivity contribution is -0.159. The Hall–Kier alpha value is -1.67. The van der Waals surface area contributed by atoms with E-state index in [0.29, 0.717) is 0 Å². The van der Waals surface area contributed by atoms with Gasteiger partial charge in [0.1, 0.15) is 0 Å². The molecule has 0 spiro atoms. The summed E-state index contributed by atoms with van der Waals surface area (Å²) in [6, 6.07) is -0.923. The number of nitrogens with zero attached hydrogens (tertiary/aromatic N) is 1. The maximum absolute atomic E-state index is 11.8. The third-order valence-corrected chi connectivity index (χ3v) is 2.64. The van der Waals surface area contributed by atoms with E-state index in [1.54, 1.807) is 0 Å². The van der Waals surface area contributed by atoms with Crippen LogP contribution in [0.5, 0.6) is 0 Å². The lowest BCUT2D eigenvalue weighted by atomic mass is 10.1. The summed E-state index contributed by atoms with van der Waals surface area (Å²) >= 11 is 0. The van der Waals surface area contributed by atoms with Crippen LogP contribution in [0.2, 0.25) is 0 Å². The predicted octanol–water partition coefficient (Wildman–Crippen LogP) is -1.51. The van der Waals surface area contributed by atoms with E-state index >= 15 is 0 Å². The molecule has 1 amide bonds. The number of carboxylic acids is 2. The number of amides is 1. The molecule has 102 valence electrons. The maximum atomic E-state index is 11.8. The summed E-state index contributed by atoms with van der Waals surface area (Å²) in [5.41, 5.74) is 5.58. The number of carbonyl (C=O) groups excluding carboxylic acids is 1. The van der Waals surface area contributed by atoms with Gasteiger partial charge in [0.15, 0.2) is 6.10 Å². The average molecular weight is 260 g/mol. The minimum absolute atomic E-state index is 0.0310. The zero-order chi connectivity index (χ0) is 13.7. The molecule has 0 saturated carbocycles. The monoisotopic (exact) mass is 260 g/mol. The third kappa shape index (κ3) is 3.97. The van der Waals surface area contributed by atoms with Crippen LogP contribution < -0.4 is 5.73 Å². The molecule has 8 heteroatoms. The van der Waals surface area contributed by atoms with Gasteiger partial charge in [-0.1, -0.05) is 0 Å². The number of hydrogen-bond donors (Lipinski definition) is 3. The highest BCUT2D eigenvalue weighted by Gasteiger charge is 2.31. The van der Waals surface area contributed by atoms with Gasteiger partial charge in [-0.25, -0.2) is 4.79 Å². The van der Waals surface area contributed by atoms with Gasteiger partial charge in [-0.05, 0) is 6.42 Å². The fourth-order valence-electron chi connectivity index (χ4n) is 1.64. The molecule has 8 nitrogen and oxygen atoms in total. The average Bonchev–Trinajstić information content (AvgIpc) is 2.35. The normalized spacial score (nSPS) is 21.4. The third-order valence-electron chi connectivity index (χ3n) is 2.64. The van der Waals surface area contributed by atoms with E-state index in [2.05, 4.69) is 0 Å². The van der Waals surface area contributed by atoms with E-state index < -0.39 is 30.0 Å². The van der Waals surface area contributed by atoms with Crippen LogP contribution in [0, 0.1) is 0 Å². The van der Waals surface area contributed by atoms with E-state index in [0.717, 1.165) is 0 Å². The van der Waals surface area contributed by atoms with Crippen LogP contribution in [0.4, 0.5) is 0 Å². The van der Waals surface area contributed by atoms with Crippen molar-refractivity contribution < 1.29 is 29.3 Å². The first-order chi connectivity index (χ1) is 8.41. The Bertz CT molecular complexity index is 345. The Balaban J connectivity index is 2.49. The number of rotatable bonds is 5.